The van der Waals surface area contributed by atoms with Gasteiger partial charge in [-0.3, -0.25) is 14.6 Å². The van der Waals surface area contributed by atoms with Crippen molar-refractivity contribution >= 4 is 39.6 Å². The number of H-pyrrole nitrogens is 1. The molecule has 8 heteroatoms. The molecular formula is C25H19N5O2S. The first-order chi connectivity index (χ1) is 16.2. The molecule has 4 heterocycles. The molecule has 33 heavy (non-hydrogen) atoms. The quantitative estimate of drug-likeness (QED) is 0.279. The Hall–Kier alpha value is -4.09. The highest BCUT2D eigenvalue weighted by molar-refractivity contribution is 7.13. The molecule has 1 fully saturated rings. The Morgan fingerprint density at radius 1 is 1.06 bits per heavy atom. The molecule has 0 spiro atoms. The number of rotatable bonds is 4. The lowest BCUT2D eigenvalue weighted by Crippen LogP contribution is -2.40. The van der Waals surface area contributed by atoms with Crippen LogP contribution in [0.1, 0.15) is 28.8 Å². The van der Waals surface area contributed by atoms with Crippen LogP contribution in [0.3, 0.4) is 0 Å². The predicted octanol–water partition coefficient (Wildman–Crippen LogP) is 4.47. The fraction of sp³-hybridized carbons (Fsp3) is 0.160. The Kier molecular flexibility index (Phi) is 5.55. The Bertz CT molecular complexity index is 1400. The summed E-state index contributed by atoms with van der Waals surface area (Å²) in [6.07, 6.45) is 6.03. The van der Waals surface area contributed by atoms with E-state index in [-0.39, 0.29) is 5.56 Å². The second-order valence-electron chi connectivity index (χ2n) is 7.70. The van der Waals surface area contributed by atoms with Crippen molar-refractivity contribution in [2.45, 2.75) is 12.8 Å². The Morgan fingerprint density at radius 3 is 2.55 bits per heavy atom. The van der Waals surface area contributed by atoms with Gasteiger partial charge in [0, 0.05) is 42.6 Å². The van der Waals surface area contributed by atoms with Crippen LogP contribution in [0.5, 0.6) is 0 Å². The third kappa shape index (κ3) is 3.83. The van der Waals surface area contributed by atoms with E-state index in [1.807, 2.05) is 41.8 Å². The van der Waals surface area contributed by atoms with E-state index in [2.05, 4.69) is 21.0 Å². The summed E-state index contributed by atoms with van der Waals surface area (Å²) in [5.41, 5.74) is 4.82. The molecule has 1 aliphatic heterocycles. The number of piperidine rings is 1. The molecule has 4 aromatic rings. The number of fused-ring (bicyclic) bond motifs is 1. The number of carbonyl (C=O) groups is 2. The summed E-state index contributed by atoms with van der Waals surface area (Å²) in [5, 5.41) is 12.4. The fourth-order valence-electron chi connectivity index (χ4n) is 4.17. The first-order valence-electron chi connectivity index (χ1n) is 10.5. The third-order valence-corrected chi connectivity index (χ3v) is 6.66. The van der Waals surface area contributed by atoms with Crippen LogP contribution in [-0.2, 0) is 4.79 Å². The van der Waals surface area contributed by atoms with Gasteiger partial charge in [0.2, 0.25) is 0 Å². The van der Waals surface area contributed by atoms with E-state index >= 15 is 0 Å². The number of aromatic amines is 1. The van der Waals surface area contributed by atoms with E-state index in [1.54, 1.807) is 23.5 Å². The number of nitriles is 1. The zero-order chi connectivity index (χ0) is 22.8. The van der Waals surface area contributed by atoms with Crippen molar-refractivity contribution in [2.24, 2.45) is 0 Å². The van der Waals surface area contributed by atoms with Crippen LogP contribution in [-0.4, -0.2) is 44.6 Å². The number of benzene rings is 1. The van der Waals surface area contributed by atoms with Gasteiger partial charge in [0.15, 0.2) is 0 Å². The van der Waals surface area contributed by atoms with Crippen LogP contribution in [0.2, 0.25) is 0 Å². The van der Waals surface area contributed by atoms with Crippen LogP contribution in [0.25, 0.3) is 27.2 Å². The maximum Gasteiger partial charge on any atom is 0.295 e. The molecule has 0 bridgehead atoms. The van der Waals surface area contributed by atoms with Gasteiger partial charge in [0.05, 0.1) is 28.2 Å². The maximum atomic E-state index is 13.1. The van der Waals surface area contributed by atoms with Crippen molar-refractivity contribution < 1.29 is 9.59 Å². The van der Waals surface area contributed by atoms with Crippen LogP contribution in [0.4, 0.5) is 0 Å². The van der Waals surface area contributed by atoms with Crippen molar-refractivity contribution in [1.82, 2.24) is 19.9 Å². The molecule has 5 rings (SSSR count). The molecule has 0 aliphatic carbocycles. The molecule has 1 aliphatic rings. The average molecular weight is 454 g/mol. The Labute approximate surface area is 194 Å². The number of carbonyl (C=O) groups excluding carboxylic acids is 2. The number of hydrogen-bond donors (Lipinski definition) is 1. The molecule has 0 saturated carbocycles. The number of nitrogens with zero attached hydrogens (tertiary/aromatic N) is 4. The van der Waals surface area contributed by atoms with Crippen LogP contribution in [0.15, 0.2) is 65.9 Å². The summed E-state index contributed by atoms with van der Waals surface area (Å²) < 4.78 is 0. The van der Waals surface area contributed by atoms with Gasteiger partial charge in [-0.2, -0.15) is 5.26 Å². The summed E-state index contributed by atoms with van der Waals surface area (Å²) in [4.78, 5) is 39.4. The van der Waals surface area contributed by atoms with E-state index in [0.29, 0.717) is 42.5 Å². The second-order valence-corrected chi connectivity index (χ2v) is 8.59. The first kappa shape index (κ1) is 20.8. The summed E-state index contributed by atoms with van der Waals surface area (Å²) in [6.45, 7) is 0.802. The summed E-state index contributed by atoms with van der Waals surface area (Å²) in [5.74, 6) is -1.13. The number of ketones is 1. The number of Topliss-reactive ketones (excluding diaryl/α,β-unsaturated/α-hetero) is 1. The Morgan fingerprint density at radius 2 is 1.85 bits per heavy atom. The molecule has 1 saturated heterocycles. The van der Waals surface area contributed by atoms with Gasteiger partial charge in [-0.05, 0) is 30.0 Å². The summed E-state index contributed by atoms with van der Waals surface area (Å²) in [6, 6.07) is 13.7. The molecule has 1 aromatic carbocycles. The zero-order valence-corrected chi connectivity index (χ0v) is 18.4. The van der Waals surface area contributed by atoms with Crippen LogP contribution in [0, 0.1) is 11.3 Å². The van der Waals surface area contributed by atoms with Crippen molar-refractivity contribution in [1.29, 1.82) is 5.26 Å². The lowest BCUT2D eigenvalue weighted by Gasteiger charge is -2.28. The molecule has 0 radical (unpaired) electrons. The average Bonchev–Trinajstić information content (AvgIpc) is 3.55. The van der Waals surface area contributed by atoms with Gasteiger partial charge in [-0.15, -0.1) is 11.3 Å². The standard InChI is InChI=1S/C25H19N5O2S/c26-14-19(16-4-2-1-3-5-16)17-7-11-30(12-8-17)25(32)23(31)20-15-29-21-18(6-9-27-22(20)21)24-28-10-13-33-24/h1-6,9-10,13,15,29H,7-8,11-12H2. The van der Waals surface area contributed by atoms with Crippen LogP contribution < -0.4 is 0 Å². The minimum absolute atomic E-state index is 0.261. The monoisotopic (exact) mass is 453 g/mol. The lowest BCUT2D eigenvalue weighted by atomic mass is 9.93. The highest BCUT2D eigenvalue weighted by Gasteiger charge is 2.29. The van der Waals surface area contributed by atoms with Crippen molar-refractivity contribution in [2.75, 3.05) is 13.1 Å². The lowest BCUT2D eigenvalue weighted by molar-refractivity contribution is -0.126. The van der Waals surface area contributed by atoms with E-state index in [1.165, 1.54) is 11.3 Å². The Balaban J connectivity index is 1.36. The number of likely N-dealkylation sites (tertiary alicyclic amines) is 1. The molecule has 0 atom stereocenters. The van der Waals surface area contributed by atoms with Gasteiger partial charge in [0.25, 0.3) is 11.7 Å². The van der Waals surface area contributed by atoms with Crippen molar-refractivity contribution in [3.05, 3.63) is 77.1 Å². The third-order valence-electron chi connectivity index (χ3n) is 5.85. The van der Waals surface area contributed by atoms with E-state index in [0.717, 1.165) is 21.7 Å². The predicted molar refractivity (Wildman–Crippen MR) is 126 cm³/mol. The highest BCUT2D eigenvalue weighted by atomic mass is 32.1. The smallest absolute Gasteiger partial charge is 0.295 e. The number of allylic oxidation sites excluding steroid dienone is 1. The number of pyridine rings is 1. The molecule has 162 valence electrons. The van der Waals surface area contributed by atoms with E-state index in [9.17, 15) is 14.9 Å². The van der Waals surface area contributed by atoms with E-state index in [4.69, 9.17) is 0 Å². The van der Waals surface area contributed by atoms with E-state index < -0.39 is 11.7 Å². The number of nitrogens with one attached hydrogen (secondary N) is 1. The summed E-state index contributed by atoms with van der Waals surface area (Å²) >= 11 is 1.49. The van der Waals surface area contributed by atoms with Crippen molar-refractivity contribution in [3.8, 4) is 16.6 Å². The normalized spacial score (nSPS) is 13.7. The first-order valence-corrected chi connectivity index (χ1v) is 11.4. The molecule has 1 amide bonds. The van der Waals surface area contributed by atoms with Crippen LogP contribution >= 0.6 is 11.3 Å². The van der Waals surface area contributed by atoms with Crippen molar-refractivity contribution in [3.63, 3.8) is 0 Å². The largest absolute Gasteiger partial charge is 0.359 e. The topological polar surface area (TPSA) is 103 Å². The van der Waals surface area contributed by atoms with Gasteiger partial charge in [0.1, 0.15) is 5.01 Å². The maximum absolute atomic E-state index is 13.1. The highest BCUT2D eigenvalue weighted by Crippen LogP contribution is 2.31. The van der Waals surface area contributed by atoms with Gasteiger partial charge in [-0.1, -0.05) is 30.3 Å². The zero-order valence-electron chi connectivity index (χ0n) is 17.6. The SMILES string of the molecule is N#CC(=C1CCN(C(=O)C(=O)c2c[nH]c3c(-c4nccs4)ccnc23)CC1)c1ccccc1. The molecule has 0 unspecified atom stereocenters. The molecule has 3 aromatic heterocycles. The minimum Gasteiger partial charge on any atom is -0.359 e. The number of hydrogen-bond acceptors (Lipinski definition) is 6. The van der Waals surface area contributed by atoms with Gasteiger partial charge < -0.3 is 9.88 Å². The summed E-state index contributed by atoms with van der Waals surface area (Å²) in [7, 11) is 0. The van der Waals surface area contributed by atoms with Gasteiger partial charge >= 0.3 is 0 Å². The fourth-order valence-corrected chi connectivity index (χ4v) is 4.84. The number of amides is 1. The minimum atomic E-state index is -0.582. The second kappa shape index (κ2) is 8.81. The molecular weight excluding hydrogens is 434 g/mol. The molecule has 7 nitrogen and oxygen atoms in total. The number of thiazole rings is 1. The number of aromatic nitrogens is 3. The molecule has 1 N–H and O–H groups in total. The van der Waals surface area contributed by atoms with Gasteiger partial charge in [-0.25, -0.2) is 4.98 Å².